The van der Waals surface area contributed by atoms with Gasteiger partial charge in [-0.25, -0.2) is 4.79 Å². The van der Waals surface area contributed by atoms with E-state index >= 15 is 0 Å². The first-order valence-corrected chi connectivity index (χ1v) is 12.8. The lowest BCUT2D eigenvalue weighted by Crippen LogP contribution is -2.23. The molecule has 0 bridgehead atoms. The smallest absolute Gasteiger partial charge is 0.342 e. The number of esters is 2. The average Bonchev–Trinajstić information content (AvgIpc) is 2.87. The third-order valence-corrected chi connectivity index (χ3v) is 6.95. The van der Waals surface area contributed by atoms with E-state index in [0.717, 1.165) is 5.56 Å². The Morgan fingerprint density at radius 1 is 0.946 bits per heavy atom. The van der Waals surface area contributed by atoms with Crippen molar-refractivity contribution in [2.75, 3.05) is 13.2 Å². The fourth-order valence-electron chi connectivity index (χ4n) is 5.08. The number of aromatic hydroxyl groups is 1. The first kappa shape index (κ1) is 24.9. The van der Waals surface area contributed by atoms with Gasteiger partial charge in [0.1, 0.15) is 36.1 Å². The summed E-state index contributed by atoms with van der Waals surface area (Å²) in [4.78, 5) is 38.0. The van der Waals surface area contributed by atoms with Crippen LogP contribution in [-0.2, 0) is 14.3 Å². The summed E-state index contributed by atoms with van der Waals surface area (Å²) in [5.74, 6) is -0.319. The van der Waals surface area contributed by atoms with E-state index in [0.29, 0.717) is 74.4 Å². The molecule has 3 aliphatic heterocycles. The van der Waals surface area contributed by atoms with E-state index < -0.39 is 24.0 Å². The van der Waals surface area contributed by atoms with Gasteiger partial charge in [0.05, 0.1) is 12.5 Å². The molecule has 3 aliphatic rings. The highest BCUT2D eigenvalue weighted by molar-refractivity contribution is 5.98. The molecule has 3 heterocycles. The van der Waals surface area contributed by atoms with Crippen LogP contribution in [0.25, 0.3) is 6.08 Å². The normalized spacial score (nSPS) is 22.2. The number of Topliss-reactive ketones (excluding diaryl/α,β-unsaturated/α-hetero) is 1. The molecule has 2 atom stereocenters. The number of ether oxygens (including phenoxy) is 4. The van der Waals surface area contributed by atoms with Crippen molar-refractivity contribution in [3.05, 3.63) is 52.6 Å². The van der Waals surface area contributed by atoms with Crippen molar-refractivity contribution in [1.82, 2.24) is 0 Å². The monoisotopic (exact) mass is 506 g/mol. The van der Waals surface area contributed by atoms with E-state index in [1.807, 2.05) is 12.1 Å². The minimum atomic E-state index is -0.659. The van der Waals surface area contributed by atoms with Gasteiger partial charge in [-0.2, -0.15) is 0 Å². The summed E-state index contributed by atoms with van der Waals surface area (Å²) in [7, 11) is 0. The van der Waals surface area contributed by atoms with Crippen molar-refractivity contribution < 1.29 is 38.4 Å². The maximum absolute atomic E-state index is 13.3. The molecule has 37 heavy (non-hydrogen) atoms. The number of fused-ring (bicyclic) bond motifs is 3. The van der Waals surface area contributed by atoms with Gasteiger partial charge < -0.3 is 24.1 Å². The van der Waals surface area contributed by atoms with Crippen molar-refractivity contribution in [3.8, 4) is 23.0 Å². The van der Waals surface area contributed by atoms with Crippen LogP contribution in [0, 0.1) is 0 Å². The molecule has 0 fully saturated rings. The minimum absolute atomic E-state index is 0.00565. The van der Waals surface area contributed by atoms with Gasteiger partial charge in [0.2, 0.25) is 0 Å². The lowest BCUT2D eigenvalue weighted by molar-refractivity contribution is -0.135. The summed E-state index contributed by atoms with van der Waals surface area (Å²) in [6, 6.07) is 7.01. The second kappa shape index (κ2) is 10.7. The molecule has 0 unspecified atom stereocenters. The number of allylic oxidation sites excluding steroid dienone is 1. The highest BCUT2D eigenvalue weighted by Crippen LogP contribution is 2.48. The maximum Gasteiger partial charge on any atom is 0.342 e. The van der Waals surface area contributed by atoms with Gasteiger partial charge in [0, 0.05) is 24.3 Å². The quantitative estimate of drug-likeness (QED) is 0.421. The molecule has 0 radical (unpaired) electrons. The maximum atomic E-state index is 13.3. The Bertz CT molecular complexity index is 1260. The zero-order chi connectivity index (χ0) is 25.9. The van der Waals surface area contributed by atoms with Gasteiger partial charge in [0.15, 0.2) is 11.5 Å². The number of hydrogen-bond donors (Lipinski definition) is 1. The van der Waals surface area contributed by atoms with Crippen LogP contribution in [0.1, 0.15) is 84.8 Å². The first-order chi connectivity index (χ1) is 17.9. The van der Waals surface area contributed by atoms with Gasteiger partial charge in [-0.3, -0.25) is 9.59 Å². The summed E-state index contributed by atoms with van der Waals surface area (Å²) >= 11 is 0. The first-order valence-electron chi connectivity index (χ1n) is 12.8. The lowest BCUT2D eigenvalue weighted by Gasteiger charge is -2.28. The molecule has 0 aliphatic carbocycles. The van der Waals surface area contributed by atoms with Crippen LogP contribution in [0.4, 0.5) is 0 Å². The summed E-state index contributed by atoms with van der Waals surface area (Å²) < 4.78 is 22.5. The second-order valence-electron chi connectivity index (χ2n) is 9.68. The zero-order valence-electron chi connectivity index (χ0n) is 20.8. The standard InChI is InChI=1S/C29H30O8/c1-17-6-5-9-20(30)8-4-2-3-7-19-15-24-27(28(32)26(19)29(33)36-17)21(16-25(31)37-24)18-10-11-22-23(14-18)35-13-12-34-22/h3,7,10-11,14-15,17,21,32H,2,4-6,8-9,12-13,16H2,1H3/t17-,21-/m0/s1. The number of rotatable bonds is 1. The molecule has 2 aromatic rings. The number of carbonyl (C=O) groups is 3. The van der Waals surface area contributed by atoms with E-state index in [4.69, 9.17) is 18.9 Å². The Hall–Kier alpha value is -3.81. The number of phenolic OH excluding ortho intramolecular Hbond substituents is 1. The molecule has 194 valence electrons. The van der Waals surface area contributed by atoms with Gasteiger partial charge in [0.25, 0.3) is 0 Å². The molecule has 0 saturated heterocycles. The fourth-order valence-corrected chi connectivity index (χ4v) is 5.08. The molecular formula is C29H30O8. The summed E-state index contributed by atoms with van der Waals surface area (Å²) in [6.45, 7) is 2.66. The van der Waals surface area contributed by atoms with Crippen molar-refractivity contribution in [1.29, 1.82) is 0 Å². The minimum Gasteiger partial charge on any atom is -0.507 e. The van der Waals surface area contributed by atoms with Crippen molar-refractivity contribution >= 4 is 23.8 Å². The predicted octanol–water partition coefficient (Wildman–Crippen LogP) is 5.09. The Kier molecular flexibility index (Phi) is 7.17. The SMILES string of the molecule is C[C@H]1CCCC(=O)CCCC=Cc2cc3c(c(O)c2C(=O)O1)[C@H](c1ccc2c(c1)OCCO2)CC(=O)O3. The second-order valence-corrected chi connectivity index (χ2v) is 9.68. The van der Waals surface area contributed by atoms with Crippen molar-refractivity contribution in [2.45, 2.75) is 63.9 Å². The van der Waals surface area contributed by atoms with E-state index in [-0.39, 0.29) is 29.3 Å². The summed E-state index contributed by atoms with van der Waals surface area (Å²) in [5, 5.41) is 11.5. The van der Waals surface area contributed by atoms with Crippen LogP contribution in [0.3, 0.4) is 0 Å². The van der Waals surface area contributed by atoms with Crippen LogP contribution in [0.2, 0.25) is 0 Å². The average molecular weight is 507 g/mol. The summed E-state index contributed by atoms with van der Waals surface area (Å²) in [5.41, 5.74) is 1.53. The summed E-state index contributed by atoms with van der Waals surface area (Å²) in [6.07, 6.45) is 6.59. The Balaban J connectivity index is 1.58. The van der Waals surface area contributed by atoms with Crippen LogP contribution < -0.4 is 14.2 Å². The molecule has 0 aromatic heterocycles. The number of ketones is 1. The molecule has 0 amide bonds. The number of benzene rings is 2. The number of hydrogen-bond acceptors (Lipinski definition) is 8. The third kappa shape index (κ3) is 5.33. The highest BCUT2D eigenvalue weighted by atomic mass is 16.6. The molecule has 0 spiro atoms. The van der Waals surface area contributed by atoms with Gasteiger partial charge in [-0.05, 0) is 61.9 Å². The van der Waals surface area contributed by atoms with Crippen molar-refractivity contribution in [2.24, 2.45) is 0 Å². The van der Waals surface area contributed by atoms with Gasteiger partial charge >= 0.3 is 11.9 Å². The topological polar surface area (TPSA) is 108 Å². The Morgan fingerprint density at radius 2 is 1.73 bits per heavy atom. The largest absolute Gasteiger partial charge is 0.507 e. The highest BCUT2D eigenvalue weighted by Gasteiger charge is 2.36. The predicted molar refractivity (Wildman–Crippen MR) is 134 cm³/mol. The van der Waals surface area contributed by atoms with Gasteiger partial charge in [-0.1, -0.05) is 18.2 Å². The van der Waals surface area contributed by atoms with E-state index in [2.05, 4.69) is 0 Å². The molecule has 8 heteroatoms. The number of phenols is 1. The fraction of sp³-hybridized carbons (Fsp3) is 0.414. The van der Waals surface area contributed by atoms with Crippen LogP contribution in [-0.4, -0.2) is 42.1 Å². The van der Waals surface area contributed by atoms with E-state index in [1.165, 1.54) is 0 Å². The lowest BCUT2D eigenvalue weighted by atomic mass is 9.83. The molecule has 2 aromatic carbocycles. The third-order valence-electron chi connectivity index (χ3n) is 6.95. The van der Waals surface area contributed by atoms with E-state index in [1.54, 1.807) is 31.2 Å². The molecule has 5 rings (SSSR count). The van der Waals surface area contributed by atoms with Gasteiger partial charge in [-0.15, -0.1) is 0 Å². The molecule has 8 nitrogen and oxygen atoms in total. The van der Waals surface area contributed by atoms with Crippen LogP contribution in [0.5, 0.6) is 23.0 Å². The van der Waals surface area contributed by atoms with Crippen molar-refractivity contribution in [3.63, 3.8) is 0 Å². The molecule has 1 N–H and O–H groups in total. The van der Waals surface area contributed by atoms with Crippen LogP contribution >= 0.6 is 0 Å². The Morgan fingerprint density at radius 3 is 2.57 bits per heavy atom. The number of carbonyl (C=O) groups excluding carboxylic acids is 3. The number of cyclic esters (lactones) is 1. The molecular weight excluding hydrogens is 476 g/mol. The van der Waals surface area contributed by atoms with Crippen LogP contribution in [0.15, 0.2) is 30.3 Å². The zero-order valence-corrected chi connectivity index (χ0v) is 20.8. The molecule has 0 saturated carbocycles. The Labute approximate surface area is 215 Å². The van der Waals surface area contributed by atoms with E-state index in [9.17, 15) is 19.5 Å².